The maximum absolute atomic E-state index is 12.4. The lowest BCUT2D eigenvalue weighted by atomic mass is 10.2. The molecule has 0 aromatic carbocycles. The van der Waals surface area contributed by atoms with Crippen LogP contribution in [0, 0.1) is 6.92 Å². The number of nitrogens with zero attached hydrogens (tertiary/aromatic N) is 3. The van der Waals surface area contributed by atoms with E-state index in [-0.39, 0.29) is 11.7 Å². The number of thioether (sulfide) groups is 1. The van der Waals surface area contributed by atoms with Crippen molar-refractivity contribution in [2.24, 2.45) is 0 Å². The molecule has 1 fully saturated rings. The van der Waals surface area contributed by atoms with Crippen molar-refractivity contribution in [2.75, 3.05) is 49.8 Å². The Balaban J connectivity index is 1.87. The van der Waals surface area contributed by atoms with Crippen LogP contribution in [-0.4, -0.2) is 60.7 Å². The number of hydrogen-bond acceptors (Lipinski definition) is 7. The maximum Gasteiger partial charge on any atom is 0.289 e. The SMILES string of the molecule is COCCCNC(=O)c1nc(N2CCSCC2)c2c(C)scc2n1. The number of thiophene rings is 1. The summed E-state index contributed by atoms with van der Waals surface area (Å²) >= 11 is 3.62. The van der Waals surface area contributed by atoms with Crippen LogP contribution in [-0.2, 0) is 4.74 Å². The Kier molecular flexibility index (Phi) is 5.91. The van der Waals surface area contributed by atoms with E-state index in [2.05, 4.69) is 27.1 Å². The number of nitrogens with one attached hydrogen (secondary N) is 1. The predicted molar refractivity (Wildman–Crippen MR) is 101 cm³/mol. The summed E-state index contributed by atoms with van der Waals surface area (Å²) in [6.45, 7) is 5.19. The van der Waals surface area contributed by atoms with Gasteiger partial charge in [0.2, 0.25) is 5.82 Å². The number of anilines is 1. The van der Waals surface area contributed by atoms with E-state index in [9.17, 15) is 4.79 Å². The topological polar surface area (TPSA) is 67.3 Å². The number of aromatic nitrogens is 2. The summed E-state index contributed by atoms with van der Waals surface area (Å²) in [6, 6.07) is 0. The lowest BCUT2D eigenvalue weighted by Gasteiger charge is -2.28. The Morgan fingerprint density at radius 1 is 1.38 bits per heavy atom. The first kappa shape index (κ1) is 17.4. The molecule has 3 rings (SSSR count). The molecular formula is C16H22N4O2S2. The van der Waals surface area contributed by atoms with E-state index in [1.54, 1.807) is 18.4 Å². The van der Waals surface area contributed by atoms with Gasteiger partial charge in [0, 0.05) is 55.1 Å². The summed E-state index contributed by atoms with van der Waals surface area (Å²) in [5.74, 6) is 3.12. The van der Waals surface area contributed by atoms with Gasteiger partial charge in [0.1, 0.15) is 5.82 Å². The smallest absolute Gasteiger partial charge is 0.289 e. The van der Waals surface area contributed by atoms with Gasteiger partial charge in [0.25, 0.3) is 5.91 Å². The van der Waals surface area contributed by atoms with Gasteiger partial charge >= 0.3 is 0 Å². The van der Waals surface area contributed by atoms with E-state index in [0.29, 0.717) is 13.2 Å². The first-order valence-corrected chi connectivity index (χ1v) is 10.1. The van der Waals surface area contributed by atoms with Gasteiger partial charge in [-0.1, -0.05) is 0 Å². The molecule has 1 N–H and O–H groups in total. The molecule has 0 spiro atoms. The number of ether oxygens (including phenoxy) is 1. The highest BCUT2D eigenvalue weighted by atomic mass is 32.2. The highest BCUT2D eigenvalue weighted by Gasteiger charge is 2.21. The van der Waals surface area contributed by atoms with Crippen molar-refractivity contribution in [3.05, 3.63) is 16.1 Å². The zero-order chi connectivity index (χ0) is 16.9. The molecule has 0 saturated carbocycles. The normalized spacial score (nSPS) is 15.0. The van der Waals surface area contributed by atoms with Crippen LogP contribution in [0.25, 0.3) is 10.9 Å². The molecule has 0 aliphatic carbocycles. The molecule has 2 aromatic rings. The number of hydrogen-bond donors (Lipinski definition) is 1. The molecule has 0 unspecified atom stereocenters. The van der Waals surface area contributed by atoms with Gasteiger partial charge in [-0.3, -0.25) is 4.79 Å². The Morgan fingerprint density at radius 3 is 2.92 bits per heavy atom. The minimum absolute atomic E-state index is 0.218. The van der Waals surface area contributed by atoms with Crippen LogP contribution in [0.15, 0.2) is 5.38 Å². The zero-order valence-electron chi connectivity index (χ0n) is 14.0. The van der Waals surface area contributed by atoms with Gasteiger partial charge < -0.3 is 15.0 Å². The molecule has 0 atom stereocenters. The summed E-state index contributed by atoms with van der Waals surface area (Å²) < 4.78 is 5.00. The second-order valence-electron chi connectivity index (χ2n) is 5.62. The number of amides is 1. The van der Waals surface area contributed by atoms with Crippen molar-refractivity contribution < 1.29 is 9.53 Å². The monoisotopic (exact) mass is 366 g/mol. The van der Waals surface area contributed by atoms with Gasteiger partial charge in [0.05, 0.1) is 10.9 Å². The van der Waals surface area contributed by atoms with Crippen molar-refractivity contribution in [1.82, 2.24) is 15.3 Å². The molecule has 3 heterocycles. The number of carbonyl (C=O) groups excluding carboxylic acids is 1. The molecule has 0 radical (unpaired) electrons. The molecule has 1 saturated heterocycles. The van der Waals surface area contributed by atoms with Crippen LogP contribution in [0.2, 0.25) is 0 Å². The van der Waals surface area contributed by atoms with Gasteiger partial charge in [-0.25, -0.2) is 9.97 Å². The minimum atomic E-state index is -0.218. The third kappa shape index (κ3) is 3.81. The average molecular weight is 367 g/mol. The summed E-state index contributed by atoms with van der Waals surface area (Å²) in [4.78, 5) is 25.0. The highest BCUT2D eigenvalue weighted by molar-refractivity contribution is 7.99. The van der Waals surface area contributed by atoms with Crippen LogP contribution < -0.4 is 10.2 Å². The molecule has 6 nitrogen and oxygen atoms in total. The third-order valence-electron chi connectivity index (χ3n) is 3.94. The largest absolute Gasteiger partial charge is 0.385 e. The predicted octanol–water partition coefficient (Wildman–Crippen LogP) is 2.32. The van der Waals surface area contributed by atoms with Crippen LogP contribution in [0.5, 0.6) is 0 Å². The van der Waals surface area contributed by atoms with Gasteiger partial charge in [-0.05, 0) is 13.3 Å². The standard InChI is InChI=1S/C16H22N4O2S2/c1-11-13-12(10-24-11)18-14(16(21)17-4-3-7-22-2)19-15(13)20-5-8-23-9-6-20/h10H,3-9H2,1-2H3,(H,17,21). The third-order valence-corrected chi connectivity index (χ3v) is 5.78. The average Bonchev–Trinajstić information content (AvgIpc) is 3.00. The lowest BCUT2D eigenvalue weighted by Crippen LogP contribution is -2.34. The second-order valence-corrected chi connectivity index (χ2v) is 7.93. The quantitative estimate of drug-likeness (QED) is 0.792. The summed E-state index contributed by atoms with van der Waals surface area (Å²) in [7, 11) is 1.65. The van der Waals surface area contributed by atoms with Gasteiger partial charge in [-0.2, -0.15) is 11.8 Å². The molecule has 1 aliphatic heterocycles. The summed E-state index contributed by atoms with van der Waals surface area (Å²) in [5.41, 5.74) is 0.864. The van der Waals surface area contributed by atoms with Crippen molar-refractivity contribution in [1.29, 1.82) is 0 Å². The highest BCUT2D eigenvalue weighted by Crippen LogP contribution is 2.32. The Labute approximate surface area is 150 Å². The van der Waals surface area contributed by atoms with Crippen LogP contribution in [0.1, 0.15) is 21.9 Å². The number of carbonyl (C=O) groups is 1. The van der Waals surface area contributed by atoms with E-state index in [4.69, 9.17) is 4.74 Å². The van der Waals surface area contributed by atoms with E-state index in [1.807, 2.05) is 17.1 Å². The first-order valence-electron chi connectivity index (χ1n) is 8.06. The minimum Gasteiger partial charge on any atom is -0.385 e. The van der Waals surface area contributed by atoms with Gasteiger partial charge in [-0.15, -0.1) is 11.3 Å². The molecule has 130 valence electrons. The zero-order valence-corrected chi connectivity index (χ0v) is 15.6. The number of rotatable bonds is 6. The molecule has 2 aromatic heterocycles. The number of fused-ring (bicyclic) bond motifs is 1. The van der Waals surface area contributed by atoms with E-state index >= 15 is 0 Å². The number of aryl methyl sites for hydroxylation is 1. The fourth-order valence-corrected chi connectivity index (χ4v) is 4.37. The van der Waals surface area contributed by atoms with E-state index in [1.165, 1.54) is 4.88 Å². The Morgan fingerprint density at radius 2 is 2.17 bits per heavy atom. The van der Waals surface area contributed by atoms with Gasteiger partial charge in [0.15, 0.2) is 0 Å². The van der Waals surface area contributed by atoms with Crippen LogP contribution in [0.4, 0.5) is 5.82 Å². The summed E-state index contributed by atoms with van der Waals surface area (Å²) in [6.07, 6.45) is 0.776. The summed E-state index contributed by atoms with van der Waals surface area (Å²) in [5, 5.41) is 5.97. The second kappa shape index (κ2) is 8.13. The number of methoxy groups -OCH3 is 1. The molecule has 1 aliphatic rings. The first-order chi connectivity index (χ1) is 11.7. The maximum atomic E-state index is 12.4. The fourth-order valence-electron chi connectivity index (χ4n) is 2.69. The van der Waals surface area contributed by atoms with Crippen LogP contribution in [0.3, 0.4) is 0 Å². The molecular weight excluding hydrogens is 344 g/mol. The molecule has 0 bridgehead atoms. The Bertz CT molecular complexity index is 713. The lowest BCUT2D eigenvalue weighted by molar-refractivity contribution is 0.0938. The Hall–Kier alpha value is -1.38. The van der Waals surface area contributed by atoms with E-state index < -0.39 is 0 Å². The molecule has 24 heavy (non-hydrogen) atoms. The van der Waals surface area contributed by atoms with Crippen molar-refractivity contribution in [2.45, 2.75) is 13.3 Å². The van der Waals surface area contributed by atoms with Crippen molar-refractivity contribution in [3.8, 4) is 0 Å². The van der Waals surface area contributed by atoms with Crippen molar-refractivity contribution in [3.63, 3.8) is 0 Å². The van der Waals surface area contributed by atoms with Crippen LogP contribution >= 0.6 is 23.1 Å². The molecule has 8 heteroatoms. The fraction of sp³-hybridized carbons (Fsp3) is 0.562. The van der Waals surface area contributed by atoms with Crippen molar-refractivity contribution >= 4 is 45.7 Å². The van der Waals surface area contributed by atoms with E-state index in [0.717, 1.165) is 47.7 Å². The molecule has 1 amide bonds.